The molecule has 3 aromatic rings. The minimum absolute atomic E-state index is 0.654. The zero-order chi connectivity index (χ0) is 13.7. The maximum Gasteiger partial charge on any atom is 0.137 e. The number of aromatic nitrogens is 3. The summed E-state index contributed by atoms with van der Waals surface area (Å²) in [4.78, 5) is 9.15. The third kappa shape index (κ3) is 1.73. The van der Waals surface area contributed by atoms with Gasteiger partial charge in [0.2, 0.25) is 0 Å². The molecule has 3 heterocycles. The zero-order valence-corrected chi connectivity index (χ0v) is 11.8. The minimum atomic E-state index is 0.654. The van der Waals surface area contributed by atoms with Crippen LogP contribution in [0.25, 0.3) is 16.9 Å². The largest absolute Gasteiger partial charge is 0.303 e. The van der Waals surface area contributed by atoms with Crippen LogP contribution in [0.3, 0.4) is 0 Å². The van der Waals surface area contributed by atoms with Gasteiger partial charge >= 0.3 is 0 Å². The molecule has 0 unspecified atom stereocenters. The summed E-state index contributed by atoms with van der Waals surface area (Å²) < 4.78 is 2.27. The Morgan fingerprint density at radius 2 is 2.00 bits per heavy atom. The zero-order valence-electron chi connectivity index (χ0n) is 11.8. The van der Waals surface area contributed by atoms with Crippen molar-refractivity contribution in [1.29, 1.82) is 0 Å². The Morgan fingerprint density at radius 3 is 2.75 bits per heavy atom. The molecule has 0 spiro atoms. The highest BCUT2D eigenvalue weighted by atomic mass is 15.0. The summed E-state index contributed by atoms with van der Waals surface area (Å²) in [7, 11) is 0. The Morgan fingerprint density at radius 1 is 1.15 bits per heavy atom. The van der Waals surface area contributed by atoms with Crippen LogP contribution < -0.4 is 0 Å². The van der Waals surface area contributed by atoms with Crippen LogP contribution in [0.4, 0.5) is 0 Å². The van der Waals surface area contributed by atoms with Gasteiger partial charge in [0.05, 0.1) is 11.4 Å². The normalized spacial score (nSPS) is 14.9. The highest BCUT2D eigenvalue weighted by Gasteiger charge is 2.31. The molecule has 0 aromatic carbocycles. The number of hydrogen-bond donors (Lipinski definition) is 0. The number of nitrogens with zero attached hydrogens (tertiary/aromatic N) is 3. The molecule has 0 aliphatic heterocycles. The maximum absolute atomic E-state index is 4.87. The fourth-order valence-corrected chi connectivity index (χ4v) is 2.83. The van der Waals surface area contributed by atoms with Gasteiger partial charge in [-0.3, -0.25) is 4.98 Å². The van der Waals surface area contributed by atoms with Gasteiger partial charge in [0, 0.05) is 30.1 Å². The molecule has 3 aromatic heterocycles. The molecule has 0 bridgehead atoms. The van der Waals surface area contributed by atoms with E-state index in [1.165, 1.54) is 29.7 Å². The molecule has 1 aliphatic rings. The third-order valence-electron chi connectivity index (χ3n) is 4.06. The lowest BCUT2D eigenvalue weighted by Gasteiger charge is -2.06. The smallest absolute Gasteiger partial charge is 0.137 e. The number of pyridine rings is 2. The monoisotopic (exact) mass is 263 g/mol. The number of rotatable bonds is 2. The fourth-order valence-electron chi connectivity index (χ4n) is 2.83. The predicted octanol–water partition coefficient (Wildman–Crippen LogP) is 3.89. The average Bonchev–Trinajstić information content (AvgIpc) is 3.20. The van der Waals surface area contributed by atoms with E-state index >= 15 is 0 Å². The van der Waals surface area contributed by atoms with E-state index < -0.39 is 0 Å². The van der Waals surface area contributed by atoms with E-state index in [0.29, 0.717) is 5.92 Å². The van der Waals surface area contributed by atoms with E-state index in [1.807, 2.05) is 12.4 Å². The van der Waals surface area contributed by atoms with E-state index in [0.717, 1.165) is 16.9 Å². The molecule has 1 fully saturated rings. The van der Waals surface area contributed by atoms with E-state index in [4.69, 9.17) is 4.98 Å². The molecule has 100 valence electrons. The summed E-state index contributed by atoms with van der Waals surface area (Å²) in [6, 6.07) is 6.29. The van der Waals surface area contributed by atoms with Crippen molar-refractivity contribution in [3.05, 3.63) is 53.6 Å². The summed E-state index contributed by atoms with van der Waals surface area (Å²) in [6.45, 7) is 4.26. The molecule has 3 heteroatoms. The van der Waals surface area contributed by atoms with Crippen molar-refractivity contribution in [2.75, 3.05) is 0 Å². The molecule has 0 amide bonds. The van der Waals surface area contributed by atoms with Gasteiger partial charge in [0.15, 0.2) is 0 Å². The van der Waals surface area contributed by atoms with Crippen LogP contribution >= 0.6 is 0 Å². The molecule has 0 N–H and O–H groups in total. The van der Waals surface area contributed by atoms with Crippen molar-refractivity contribution in [3.8, 4) is 11.3 Å². The summed E-state index contributed by atoms with van der Waals surface area (Å²) in [5.74, 6) is 0.654. The lowest BCUT2D eigenvalue weighted by molar-refractivity contribution is 0.978. The van der Waals surface area contributed by atoms with Crippen LogP contribution in [0.5, 0.6) is 0 Å². The highest BCUT2D eigenvalue weighted by Crippen LogP contribution is 2.44. The molecule has 0 atom stereocenters. The number of aryl methyl sites for hydroxylation is 2. The topological polar surface area (TPSA) is 30.2 Å². The maximum atomic E-state index is 4.87. The first-order valence-corrected chi connectivity index (χ1v) is 7.13. The number of hydrogen-bond acceptors (Lipinski definition) is 2. The van der Waals surface area contributed by atoms with Gasteiger partial charge in [0.1, 0.15) is 5.65 Å². The van der Waals surface area contributed by atoms with Gasteiger partial charge in [-0.05, 0) is 49.9 Å². The average molecular weight is 263 g/mol. The lowest BCUT2D eigenvalue weighted by atomic mass is 10.1. The molecule has 0 saturated heterocycles. The van der Waals surface area contributed by atoms with Crippen molar-refractivity contribution >= 4 is 5.65 Å². The molecule has 20 heavy (non-hydrogen) atoms. The van der Waals surface area contributed by atoms with Crippen LogP contribution in [0, 0.1) is 13.8 Å². The summed E-state index contributed by atoms with van der Waals surface area (Å²) in [5, 5.41) is 0. The van der Waals surface area contributed by atoms with Crippen LogP contribution in [0.1, 0.15) is 35.6 Å². The van der Waals surface area contributed by atoms with E-state index in [-0.39, 0.29) is 0 Å². The molecule has 1 aliphatic carbocycles. The van der Waals surface area contributed by atoms with Gasteiger partial charge in [-0.2, -0.15) is 0 Å². The Labute approximate surface area is 118 Å². The van der Waals surface area contributed by atoms with Gasteiger partial charge in [-0.15, -0.1) is 0 Å². The van der Waals surface area contributed by atoms with E-state index in [9.17, 15) is 0 Å². The van der Waals surface area contributed by atoms with Crippen molar-refractivity contribution in [2.24, 2.45) is 0 Å². The van der Waals surface area contributed by atoms with Crippen LogP contribution in [-0.2, 0) is 0 Å². The number of fused-ring (bicyclic) bond motifs is 1. The van der Waals surface area contributed by atoms with Crippen molar-refractivity contribution in [3.63, 3.8) is 0 Å². The minimum Gasteiger partial charge on any atom is -0.303 e. The van der Waals surface area contributed by atoms with Crippen LogP contribution in [0.15, 0.2) is 36.8 Å². The first-order valence-electron chi connectivity index (χ1n) is 7.13. The number of imidazole rings is 1. The first-order chi connectivity index (χ1) is 9.74. The highest BCUT2D eigenvalue weighted by molar-refractivity contribution is 5.70. The summed E-state index contributed by atoms with van der Waals surface area (Å²) >= 11 is 0. The van der Waals surface area contributed by atoms with Crippen LogP contribution in [-0.4, -0.2) is 14.4 Å². The Bertz CT molecular complexity index is 797. The van der Waals surface area contributed by atoms with Gasteiger partial charge in [-0.25, -0.2) is 4.98 Å². The van der Waals surface area contributed by atoms with Crippen molar-refractivity contribution < 1.29 is 0 Å². The second-order valence-corrected chi connectivity index (χ2v) is 5.75. The van der Waals surface area contributed by atoms with Gasteiger partial charge in [0.25, 0.3) is 0 Å². The van der Waals surface area contributed by atoms with E-state index in [1.54, 1.807) is 0 Å². The Balaban J connectivity index is 2.04. The SMILES string of the molecule is Cc1ccc2nc(-c3cnccc3C)c(C3CC3)n2c1. The summed E-state index contributed by atoms with van der Waals surface area (Å²) in [6.07, 6.45) is 8.53. The molecule has 3 nitrogen and oxygen atoms in total. The predicted molar refractivity (Wildman–Crippen MR) is 79.9 cm³/mol. The Kier molecular flexibility index (Phi) is 2.43. The second-order valence-electron chi connectivity index (χ2n) is 5.75. The second kappa shape index (κ2) is 4.17. The quantitative estimate of drug-likeness (QED) is 0.702. The van der Waals surface area contributed by atoms with Crippen molar-refractivity contribution in [2.45, 2.75) is 32.6 Å². The first kappa shape index (κ1) is 11.6. The van der Waals surface area contributed by atoms with Crippen molar-refractivity contribution in [1.82, 2.24) is 14.4 Å². The van der Waals surface area contributed by atoms with Gasteiger partial charge < -0.3 is 4.40 Å². The summed E-state index contributed by atoms with van der Waals surface area (Å²) in [5.41, 5.74) is 7.18. The lowest BCUT2D eigenvalue weighted by Crippen LogP contribution is -1.94. The van der Waals surface area contributed by atoms with Crippen LogP contribution in [0.2, 0.25) is 0 Å². The molecular weight excluding hydrogens is 246 g/mol. The standard InChI is InChI=1S/C17H17N3/c1-11-3-6-15-19-16(14-9-18-8-7-12(14)2)17(13-4-5-13)20(15)10-11/h3,6-10,13H,4-5H2,1-2H3. The van der Waals surface area contributed by atoms with E-state index in [2.05, 4.69) is 47.6 Å². The Hall–Kier alpha value is -2.16. The molecular formula is C17H17N3. The molecule has 1 saturated carbocycles. The third-order valence-corrected chi connectivity index (χ3v) is 4.06. The fraction of sp³-hybridized carbons (Fsp3) is 0.294. The van der Waals surface area contributed by atoms with Gasteiger partial charge in [-0.1, -0.05) is 6.07 Å². The molecule has 4 rings (SSSR count). The molecule has 0 radical (unpaired) electrons.